The van der Waals surface area contributed by atoms with Gasteiger partial charge < -0.3 is 0 Å². The number of benzene rings is 1. The molecule has 2 aromatic rings. The Morgan fingerprint density at radius 1 is 1.39 bits per heavy atom. The Kier molecular flexibility index (Phi) is 3.23. The molecule has 0 aliphatic carbocycles. The maximum absolute atomic E-state index is 11.7. The number of aldehydes is 1. The second-order valence-electron chi connectivity index (χ2n) is 3.73. The van der Waals surface area contributed by atoms with Crippen molar-refractivity contribution in [1.29, 1.82) is 0 Å². The van der Waals surface area contributed by atoms with E-state index in [1.807, 2.05) is 0 Å². The maximum atomic E-state index is 11.7. The van der Waals surface area contributed by atoms with Crippen molar-refractivity contribution in [2.24, 2.45) is 0 Å². The van der Waals surface area contributed by atoms with Gasteiger partial charge in [0, 0.05) is 16.8 Å². The van der Waals surface area contributed by atoms with Crippen LogP contribution in [0.1, 0.15) is 10.4 Å². The Balaban J connectivity index is 2.78. The van der Waals surface area contributed by atoms with Crippen molar-refractivity contribution < 1.29 is 13.2 Å². The SMILES string of the molecule is CS(=O)(=O)c1ccc(Cl)cc1-c1[nH]ncc1C=O. The van der Waals surface area contributed by atoms with Crippen molar-refractivity contribution in [2.75, 3.05) is 6.26 Å². The first kappa shape index (κ1) is 12.8. The van der Waals surface area contributed by atoms with Gasteiger partial charge in [0.15, 0.2) is 16.1 Å². The van der Waals surface area contributed by atoms with Crippen molar-refractivity contribution in [3.8, 4) is 11.3 Å². The normalized spacial score (nSPS) is 11.4. The molecule has 18 heavy (non-hydrogen) atoms. The molecule has 0 bridgehead atoms. The fourth-order valence-electron chi connectivity index (χ4n) is 1.62. The number of aromatic amines is 1. The van der Waals surface area contributed by atoms with Crippen molar-refractivity contribution >= 4 is 27.7 Å². The molecule has 0 spiro atoms. The van der Waals surface area contributed by atoms with Crippen LogP contribution in [-0.2, 0) is 9.84 Å². The van der Waals surface area contributed by atoms with Gasteiger partial charge >= 0.3 is 0 Å². The second-order valence-corrected chi connectivity index (χ2v) is 6.15. The van der Waals surface area contributed by atoms with Crippen LogP contribution in [0.25, 0.3) is 11.3 Å². The number of nitrogens with zero attached hydrogens (tertiary/aromatic N) is 1. The second kappa shape index (κ2) is 4.55. The van der Waals surface area contributed by atoms with E-state index in [2.05, 4.69) is 10.2 Å². The van der Waals surface area contributed by atoms with Crippen molar-refractivity contribution in [3.05, 3.63) is 35.0 Å². The van der Waals surface area contributed by atoms with Crippen LogP contribution in [0.5, 0.6) is 0 Å². The molecule has 1 aromatic carbocycles. The lowest BCUT2D eigenvalue weighted by atomic mass is 10.1. The van der Waals surface area contributed by atoms with E-state index in [4.69, 9.17) is 11.6 Å². The summed E-state index contributed by atoms with van der Waals surface area (Å²) in [6, 6.07) is 4.37. The Labute approximate surface area is 109 Å². The summed E-state index contributed by atoms with van der Waals surface area (Å²) in [5, 5.41) is 6.71. The first-order valence-corrected chi connectivity index (χ1v) is 7.19. The molecule has 5 nitrogen and oxygen atoms in total. The quantitative estimate of drug-likeness (QED) is 0.874. The van der Waals surface area contributed by atoms with Gasteiger partial charge in [-0.1, -0.05) is 11.6 Å². The summed E-state index contributed by atoms with van der Waals surface area (Å²) in [5.41, 5.74) is 0.958. The van der Waals surface area contributed by atoms with Crippen molar-refractivity contribution in [3.63, 3.8) is 0 Å². The van der Waals surface area contributed by atoms with E-state index in [0.29, 0.717) is 22.6 Å². The third kappa shape index (κ3) is 2.30. The fourth-order valence-corrected chi connectivity index (χ4v) is 2.67. The minimum Gasteiger partial charge on any atom is -0.298 e. The Bertz CT molecular complexity index is 707. The molecule has 1 heterocycles. The zero-order valence-electron chi connectivity index (χ0n) is 9.34. The summed E-state index contributed by atoms with van der Waals surface area (Å²) in [6.07, 6.45) is 3.03. The average molecular weight is 285 g/mol. The van der Waals surface area contributed by atoms with Crippen LogP contribution in [0.3, 0.4) is 0 Å². The van der Waals surface area contributed by atoms with Gasteiger partial charge in [0.2, 0.25) is 0 Å². The highest BCUT2D eigenvalue weighted by Crippen LogP contribution is 2.30. The van der Waals surface area contributed by atoms with Gasteiger partial charge in [0.1, 0.15) is 0 Å². The number of H-pyrrole nitrogens is 1. The Morgan fingerprint density at radius 3 is 2.72 bits per heavy atom. The van der Waals surface area contributed by atoms with Crippen molar-refractivity contribution in [1.82, 2.24) is 10.2 Å². The van der Waals surface area contributed by atoms with Crippen molar-refractivity contribution in [2.45, 2.75) is 4.90 Å². The predicted octanol–water partition coefficient (Wildman–Crippen LogP) is 1.95. The highest BCUT2D eigenvalue weighted by atomic mass is 35.5. The summed E-state index contributed by atoms with van der Waals surface area (Å²) < 4.78 is 23.4. The molecule has 0 radical (unpaired) electrons. The monoisotopic (exact) mass is 284 g/mol. The molecule has 1 aromatic heterocycles. The van der Waals surface area contributed by atoms with Crippen LogP contribution in [0.2, 0.25) is 5.02 Å². The number of halogens is 1. The fraction of sp³-hybridized carbons (Fsp3) is 0.0909. The average Bonchev–Trinajstić information content (AvgIpc) is 2.75. The third-order valence-electron chi connectivity index (χ3n) is 2.41. The molecule has 0 atom stereocenters. The number of carbonyl (C=O) groups is 1. The standard InChI is InChI=1S/C11H9ClN2O3S/c1-18(16,17)10-3-2-8(12)4-9(10)11-7(6-15)5-13-14-11/h2-6H,1H3,(H,13,14). The molecule has 0 saturated heterocycles. The number of rotatable bonds is 3. The van der Waals surface area contributed by atoms with Crippen LogP contribution in [0.4, 0.5) is 0 Å². The van der Waals surface area contributed by atoms with E-state index in [0.717, 1.165) is 6.26 Å². The summed E-state index contributed by atoms with van der Waals surface area (Å²) in [7, 11) is -3.42. The van der Waals surface area contributed by atoms with Crippen LogP contribution in [-0.4, -0.2) is 31.2 Å². The Morgan fingerprint density at radius 2 is 2.11 bits per heavy atom. The molecule has 0 aliphatic rings. The van der Waals surface area contributed by atoms with Gasteiger partial charge in [-0.15, -0.1) is 0 Å². The van der Waals surface area contributed by atoms with Gasteiger partial charge in [-0.2, -0.15) is 5.10 Å². The zero-order chi connectivity index (χ0) is 13.3. The topological polar surface area (TPSA) is 79.9 Å². The lowest BCUT2D eigenvalue weighted by Gasteiger charge is -2.07. The van der Waals surface area contributed by atoms with Crippen LogP contribution >= 0.6 is 11.6 Å². The molecule has 0 unspecified atom stereocenters. The van der Waals surface area contributed by atoms with Gasteiger partial charge in [0.25, 0.3) is 0 Å². The lowest BCUT2D eigenvalue weighted by Crippen LogP contribution is -2.01. The number of aromatic nitrogens is 2. The zero-order valence-corrected chi connectivity index (χ0v) is 10.9. The van der Waals surface area contributed by atoms with E-state index in [1.54, 1.807) is 0 Å². The molecule has 0 saturated carbocycles. The molecule has 94 valence electrons. The summed E-state index contributed by atoms with van der Waals surface area (Å²) in [6.45, 7) is 0. The smallest absolute Gasteiger partial charge is 0.176 e. The number of hydrogen-bond donors (Lipinski definition) is 1. The largest absolute Gasteiger partial charge is 0.298 e. The van der Waals surface area contributed by atoms with Gasteiger partial charge in [0.05, 0.1) is 22.3 Å². The molecular formula is C11H9ClN2O3S. The van der Waals surface area contributed by atoms with Crippen LogP contribution < -0.4 is 0 Å². The van der Waals surface area contributed by atoms with E-state index >= 15 is 0 Å². The first-order chi connectivity index (χ1) is 8.43. The highest BCUT2D eigenvalue weighted by molar-refractivity contribution is 7.90. The molecule has 7 heteroatoms. The van der Waals surface area contributed by atoms with Crippen LogP contribution in [0, 0.1) is 0 Å². The molecule has 2 rings (SSSR count). The number of carbonyl (C=O) groups excluding carboxylic acids is 1. The van der Waals surface area contributed by atoms with E-state index in [9.17, 15) is 13.2 Å². The summed E-state index contributed by atoms with van der Waals surface area (Å²) >= 11 is 5.86. The first-order valence-electron chi connectivity index (χ1n) is 4.92. The Hall–Kier alpha value is -1.66. The number of hydrogen-bond acceptors (Lipinski definition) is 4. The van der Waals surface area contributed by atoms with E-state index in [-0.39, 0.29) is 10.5 Å². The minimum absolute atomic E-state index is 0.0965. The van der Waals surface area contributed by atoms with Gasteiger partial charge in [-0.05, 0) is 18.2 Å². The van der Waals surface area contributed by atoms with Gasteiger partial charge in [-0.25, -0.2) is 8.42 Å². The maximum Gasteiger partial charge on any atom is 0.176 e. The van der Waals surface area contributed by atoms with Gasteiger partial charge in [-0.3, -0.25) is 9.89 Å². The molecule has 1 N–H and O–H groups in total. The number of nitrogens with one attached hydrogen (secondary N) is 1. The molecule has 0 aliphatic heterocycles. The predicted molar refractivity (Wildman–Crippen MR) is 67.5 cm³/mol. The van der Waals surface area contributed by atoms with E-state index < -0.39 is 9.84 Å². The molecule has 0 fully saturated rings. The third-order valence-corrected chi connectivity index (χ3v) is 3.80. The molecular weight excluding hydrogens is 276 g/mol. The van der Waals surface area contributed by atoms with E-state index in [1.165, 1.54) is 24.4 Å². The lowest BCUT2D eigenvalue weighted by molar-refractivity contribution is 0.112. The number of sulfone groups is 1. The molecule has 0 amide bonds. The van der Waals surface area contributed by atoms with Crippen LogP contribution in [0.15, 0.2) is 29.3 Å². The summed E-state index contributed by atoms with van der Waals surface area (Å²) in [5.74, 6) is 0. The minimum atomic E-state index is -3.42. The summed E-state index contributed by atoms with van der Waals surface area (Å²) in [4.78, 5) is 11.0. The highest BCUT2D eigenvalue weighted by Gasteiger charge is 2.18.